The fourth-order valence-electron chi connectivity index (χ4n) is 1.46. The van der Waals surface area contributed by atoms with Crippen LogP contribution in [0, 0.1) is 0 Å². The SMILES string of the molecule is O=C(NCc1cn[nH]c1)Nc1cccc(C(=O)O)c1. The number of aromatic nitrogens is 2. The molecule has 0 unspecified atom stereocenters. The first-order valence-electron chi connectivity index (χ1n) is 5.51. The van der Waals surface area contributed by atoms with Crippen LogP contribution < -0.4 is 10.6 Å². The molecule has 7 heteroatoms. The molecule has 0 saturated heterocycles. The summed E-state index contributed by atoms with van der Waals surface area (Å²) >= 11 is 0. The number of nitrogens with zero attached hydrogens (tertiary/aromatic N) is 1. The molecule has 0 aliphatic carbocycles. The zero-order chi connectivity index (χ0) is 13.7. The molecule has 0 radical (unpaired) electrons. The van der Waals surface area contributed by atoms with Gasteiger partial charge in [0.25, 0.3) is 0 Å². The minimum absolute atomic E-state index is 0.118. The molecule has 19 heavy (non-hydrogen) atoms. The summed E-state index contributed by atoms with van der Waals surface area (Å²) in [7, 11) is 0. The van der Waals surface area contributed by atoms with E-state index in [-0.39, 0.29) is 5.56 Å². The summed E-state index contributed by atoms with van der Waals surface area (Å²) in [6.45, 7) is 0.334. The lowest BCUT2D eigenvalue weighted by Gasteiger charge is -2.07. The van der Waals surface area contributed by atoms with Gasteiger partial charge in [0.15, 0.2) is 0 Å². The lowest BCUT2D eigenvalue weighted by Crippen LogP contribution is -2.28. The van der Waals surface area contributed by atoms with Crippen molar-refractivity contribution in [3.63, 3.8) is 0 Å². The molecule has 0 atom stereocenters. The summed E-state index contributed by atoms with van der Waals surface area (Å²) in [6, 6.07) is 5.61. The quantitative estimate of drug-likeness (QED) is 0.667. The predicted molar refractivity (Wildman–Crippen MR) is 67.8 cm³/mol. The third kappa shape index (κ3) is 3.56. The van der Waals surface area contributed by atoms with Crippen molar-refractivity contribution in [3.8, 4) is 0 Å². The maximum absolute atomic E-state index is 11.6. The smallest absolute Gasteiger partial charge is 0.335 e. The standard InChI is InChI=1S/C12H12N4O3/c17-11(18)9-2-1-3-10(4-9)16-12(19)13-5-8-6-14-15-7-8/h1-4,6-7H,5H2,(H,14,15)(H,17,18)(H2,13,16,19). The van der Waals surface area contributed by atoms with Crippen molar-refractivity contribution >= 4 is 17.7 Å². The summed E-state index contributed by atoms with van der Waals surface area (Å²) in [5.41, 5.74) is 1.38. The van der Waals surface area contributed by atoms with Gasteiger partial charge in [-0.1, -0.05) is 6.07 Å². The highest BCUT2D eigenvalue weighted by atomic mass is 16.4. The number of H-pyrrole nitrogens is 1. The highest BCUT2D eigenvalue weighted by Crippen LogP contribution is 2.10. The summed E-state index contributed by atoms with van der Waals surface area (Å²) in [5, 5.41) is 20.4. The molecule has 7 nitrogen and oxygen atoms in total. The minimum atomic E-state index is -1.04. The zero-order valence-electron chi connectivity index (χ0n) is 9.88. The second kappa shape index (κ2) is 5.67. The highest BCUT2D eigenvalue weighted by Gasteiger charge is 2.06. The van der Waals surface area contributed by atoms with Gasteiger partial charge in [-0.25, -0.2) is 9.59 Å². The van der Waals surface area contributed by atoms with Crippen LogP contribution in [0.2, 0.25) is 0 Å². The fourth-order valence-corrected chi connectivity index (χ4v) is 1.46. The van der Waals surface area contributed by atoms with Gasteiger partial charge in [-0.3, -0.25) is 5.10 Å². The number of benzene rings is 1. The first-order valence-corrected chi connectivity index (χ1v) is 5.51. The Morgan fingerprint density at radius 2 is 2.21 bits per heavy atom. The Hall–Kier alpha value is -2.83. The number of hydrogen-bond acceptors (Lipinski definition) is 3. The van der Waals surface area contributed by atoms with Crippen molar-refractivity contribution in [1.82, 2.24) is 15.5 Å². The van der Waals surface area contributed by atoms with E-state index >= 15 is 0 Å². The molecule has 0 bridgehead atoms. The number of carboxylic acid groups (broad SMARTS) is 1. The van der Waals surface area contributed by atoms with E-state index in [1.165, 1.54) is 12.1 Å². The molecule has 2 rings (SSSR count). The second-order valence-corrected chi connectivity index (χ2v) is 3.80. The number of nitrogens with one attached hydrogen (secondary N) is 3. The Labute approximate surface area is 108 Å². The summed E-state index contributed by atoms with van der Waals surface area (Å²) in [6.07, 6.45) is 3.27. The number of rotatable bonds is 4. The molecule has 0 saturated carbocycles. The monoisotopic (exact) mass is 260 g/mol. The Balaban J connectivity index is 1.91. The number of anilines is 1. The minimum Gasteiger partial charge on any atom is -0.478 e. The topological polar surface area (TPSA) is 107 Å². The van der Waals surface area contributed by atoms with E-state index in [9.17, 15) is 9.59 Å². The van der Waals surface area contributed by atoms with Crippen molar-refractivity contribution in [3.05, 3.63) is 47.8 Å². The number of aromatic amines is 1. The van der Waals surface area contributed by atoms with E-state index in [1.807, 2.05) is 0 Å². The van der Waals surface area contributed by atoms with Crippen LogP contribution >= 0.6 is 0 Å². The van der Waals surface area contributed by atoms with Gasteiger partial charge in [-0.05, 0) is 18.2 Å². The molecule has 2 amide bonds. The summed E-state index contributed by atoms with van der Waals surface area (Å²) in [4.78, 5) is 22.4. The average Bonchev–Trinajstić information content (AvgIpc) is 2.90. The molecule has 0 spiro atoms. The number of carboxylic acids is 1. The van der Waals surface area contributed by atoms with Gasteiger partial charge in [0.1, 0.15) is 0 Å². The van der Waals surface area contributed by atoms with Gasteiger partial charge >= 0.3 is 12.0 Å². The van der Waals surface area contributed by atoms with Crippen molar-refractivity contribution in [1.29, 1.82) is 0 Å². The number of carbonyl (C=O) groups excluding carboxylic acids is 1. The number of carbonyl (C=O) groups is 2. The van der Waals surface area contributed by atoms with Gasteiger partial charge in [-0.2, -0.15) is 5.10 Å². The molecule has 0 aliphatic rings. The van der Waals surface area contributed by atoms with Crippen LogP contribution in [0.15, 0.2) is 36.7 Å². The van der Waals surface area contributed by atoms with Crippen molar-refractivity contribution < 1.29 is 14.7 Å². The Kier molecular flexibility index (Phi) is 3.77. The third-order valence-electron chi connectivity index (χ3n) is 2.38. The van der Waals surface area contributed by atoms with Gasteiger partial charge in [0.05, 0.1) is 11.8 Å². The lowest BCUT2D eigenvalue weighted by atomic mass is 10.2. The molecule has 0 aliphatic heterocycles. The van der Waals surface area contributed by atoms with Crippen molar-refractivity contribution in [2.45, 2.75) is 6.54 Å². The van der Waals surface area contributed by atoms with Crippen molar-refractivity contribution in [2.75, 3.05) is 5.32 Å². The van der Waals surface area contributed by atoms with E-state index in [1.54, 1.807) is 24.5 Å². The first-order chi connectivity index (χ1) is 9.15. The maximum Gasteiger partial charge on any atom is 0.335 e. The van der Waals surface area contributed by atoms with Gasteiger partial charge in [-0.15, -0.1) is 0 Å². The van der Waals surface area contributed by atoms with Gasteiger partial charge in [0.2, 0.25) is 0 Å². The molecular formula is C12H12N4O3. The maximum atomic E-state index is 11.6. The summed E-state index contributed by atoms with van der Waals surface area (Å²) in [5.74, 6) is -1.04. The molecular weight excluding hydrogens is 248 g/mol. The van der Waals surface area contributed by atoms with E-state index in [0.717, 1.165) is 5.56 Å². The van der Waals surface area contributed by atoms with E-state index in [0.29, 0.717) is 12.2 Å². The number of aromatic carboxylic acids is 1. The van der Waals surface area contributed by atoms with Crippen LogP contribution in [0.5, 0.6) is 0 Å². The zero-order valence-corrected chi connectivity index (χ0v) is 9.88. The van der Waals surface area contributed by atoms with Crippen LogP contribution in [0.25, 0.3) is 0 Å². The van der Waals surface area contributed by atoms with Crippen LogP contribution in [-0.4, -0.2) is 27.3 Å². The molecule has 2 aromatic rings. The predicted octanol–water partition coefficient (Wildman–Crippen LogP) is 1.43. The van der Waals surface area contributed by atoms with Gasteiger partial charge in [0, 0.05) is 24.0 Å². The summed E-state index contributed by atoms with van der Waals surface area (Å²) < 4.78 is 0. The molecule has 1 heterocycles. The molecule has 4 N–H and O–H groups in total. The third-order valence-corrected chi connectivity index (χ3v) is 2.38. The highest BCUT2D eigenvalue weighted by molar-refractivity contribution is 5.93. The fraction of sp³-hybridized carbons (Fsp3) is 0.0833. The van der Waals surface area contributed by atoms with E-state index < -0.39 is 12.0 Å². The Morgan fingerprint density at radius 3 is 2.89 bits per heavy atom. The van der Waals surface area contributed by atoms with E-state index in [2.05, 4.69) is 20.8 Å². The first kappa shape index (κ1) is 12.6. The van der Waals surface area contributed by atoms with Gasteiger partial charge < -0.3 is 15.7 Å². The van der Waals surface area contributed by atoms with Crippen molar-refractivity contribution in [2.24, 2.45) is 0 Å². The number of amides is 2. The number of urea groups is 1. The normalized spacial score (nSPS) is 9.89. The largest absolute Gasteiger partial charge is 0.478 e. The van der Waals surface area contributed by atoms with Crippen LogP contribution in [-0.2, 0) is 6.54 Å². The lowest BCUT2D eigenvalue weighted by molar-refractivity contribution is 0.0697. The average molecular weight is 260 g/mol. The Bertz CT molecular complexity index is 580. The molecule has 1 aromatic carbocycles. The molecule has 1 aromatic heterocycles. The van der Waals surface area contributed by atoms with Crippen LogP contribution in [0.3, 0.4) is 0 Å². The second-order valence-electron chi connectivity index (χ2n) is 3.80. The van der Waals surface area contributed by atoms with E-state index in [4.69, 9.17) is 5.11 Å². The van der Waals surface area contributed by atoms with Crippen LogP contribution in [0.1, 0.15) is 15.9 Å². The molecule has 98 valence electrons. The Morgan fingerprint density at radius 1 is 1.37 bits per heavy atom. The molecule has 0 fully saturated rings. The number of hydrogen-bond donors (Lipinski definition) is 4. The van der Waals surface area contributed by atoms with Crippen LogP contribution in [0.4, 0.5) is 10.5 Å².